The van der Waals surface area contributed by atoms with Crippen molar-refractivity contribution in [2.24, 2.45) is 11.7 Å². The zero-order valence-corrected chi connectivity index (χ0v) is 12.7. The average Bonchev–Trinajstić information content (AvgIpc) is 2.37. The van der Waals surface area contributed by atoms with Gasteiger partial charge in [-0.2, -0.15) is 13.2 Å². The largest absolute Gasteiger partial charge is 0.417 e. The molecule has 1 aliphatic rings. The van der Waals surface area contributed by atoms with Gasteiger partial charge in [0.05, 0.1) is 5.56 Å². The summed E-state index contributed by atoms with van der Waals surface area (Å²) in [4.78, 5) is 0.603. The lowest BCUT2D eigenvalue weighted by atomic mass is 9.91. The summed E-state index contributed by atoms with van der Waals surface area (Å²) < 4.78 is 39.2. The molecule has 0 saturated heterocycles. The number of benzene rings is 1. The first-order valence-corrected chi connectivity index (χ1v) is 7.87. The summed E-state index contributed by atoms with van der Waals surface area (Å²) in [5, 5.41) is 7.65. The Hall–Kier alpha value is -1.17. The van der Waals surface area contributed by atoms with Gasteiger partial charge in [0.15, 0.2) is 0 Å². The van der Waals surface area contributed by atoms with Gasteiger partial charge in [-0.25, -0.2) is 0 Å². The molecule has 1 aromatic carbocycles. The Kier molecular flexibility index (Phi) is 4.86. The van der Waals surface area contributed by atoms with Crippen molar-refractivity contribution in [3.8, 4) is 0 Å². The van der Waals surface area contributed by atoms with E-state index >= 15 is 0 Å². The number of hydrogen-bond donors (Lipinski definition) is 2. The van der Waals surface area contributed by atoms with Crippen molar-refractivity contribution in [2.45, 2.75) is 48.9 Å². The molecule has 2 atom stereocenters. The van der Waals surface area contributed by atoms with E-state index in [1.165, 1.54) is 24.2 Å². The molecule has 0 spiro atoms. The minimum atomic E-state index is -4.49. The van der Waals surface area contributed by atoms with E-state index in [4.69, 9.17) is 11.1 Å². The SMILES string of the molecule is CC1CCCC(Sc2ccc(C(=N)N)c(C(F)(F)F)c2)C1. The second kappa shape index (κ2) is 6.30. The Morgan fingerprint density at radius 1 is 1.33 bits per heavy atom. The average molecular weight is 316 g/mol. The monoisotopic (exact) mass is 316 g/mol. The van der Waals surface area contributed by atoms with Crippen molar-refractivity contribution in [1.29, 1.82) is 5.41 Å². The maximum absolute atomic E-state index is 13.1. The number of rotatable bonds is 3. The molecule has 1 aliphatic carbocycles. The second-order valence-electron chi connectivity index (χ2n) is 5.63. The van der Waals surface area contributed by atoms with Crippen LogP contribution in [-0.2, 0) is 6.18 Å². The van der Waals surface area contributed by atoms with E-state index in [1.807, 2.05) is 0 Å². The number of nitrogen functional groups attached to an aromatic ring is 1. The highest BCUT2D eigenvalue weighted by Crippen LogP contribution is 2.39. The third-order valence-corrected chi connectivity index (χ3v) is 5.07. The molecule has 2 unspecified atom stereocenters. The van der Waals surface area contributed by atoms with Crippen LogP contribution in [0.3, 0.4) is 0 Å². The third-order valence-electron chi connectivity index (χ3n) is 3.78. The lowest BCUT2D eigenvalue weighted by Crippen LogP contribution is -2.19. The molecule has 0 aromatic heterocycles. The molecule has 0 heterocycles. The molecular weight excluding hydrogens is 297 g/mol. The van der Waals surface area contributed by atoms with E-state index < -0.39 is 17.6 Å². The number of hydrogen-bond acceptors (Lipinski definition) is 2. The molecule has 3 N–H and O–H groups in total. The molecular formula is C15H19F3N2S. The van der Waals surface area contributed by atoms with Gasteiger partial charge in [-0.15, -0.1) is 11.8 Å². The maximum Gasteiger partial charge on any atom is 0.417 e. The quantitative estimate of drug-likeness (QED) is 0.629. The number of thioether (sulfide) groups is 1. The van der Waals surface area contributed by atoms with Gasteiger partial charge >= 0.3 is 6.18 Å². The summed E-state index contributed by atoms with van der Waals surface area (Å²) >= 11 is 1.51. The fraction of sp³-hybridized carbons (Fsp3) is 0.533. The number of nitrogens with two attached hydrogens (primary N) is 1. The van der Waals surface area contributed by atoms with Crippen LogP contribution in [0.25, 0.3) is 0 Å². The smallest absolute Gasteiger partial charge is 0.384 e. The summed E-state index contributed by atoms with van der Waals surface area (Å²) in [7, 11) is 0. The molecule has 1 fully saturated rings. The summed E-state index contributed by atoms with van der Waals surface area (Å²) in [5.74, 6) is 0.0833. The molecule has 116 valence electrons. The molecule has 2 rings (SSSR count). The first kappa shape index (κ1) is 16.2. The van der Waals surface area contributed by atoms with Gasteiger partial charge in [-0.05, 0) is 37.0 Å². The molecule has 0 aliphatic heterocycles. The minimum Gasteiger partial charge on any atom is -0.384 e. The highest BCUT2D eigenvalue weighted by atomic mass is 32.2. The van der Waals surface area contributed by atoms with Crippen molar-refractivity contribution in [3.63, 3.8) is 0 Å². The van der Waals surface area contributed by atoms with Gasteiger partial charge in [0.2, 0.25) is 0 Å². The fourth-order valence-electron chi connectivity index (χ4n) is 2.74. The van der Waals surface area contributed by atoms with Crippen molar-refractivity contribution in [2.75, 3.05) is 0 Å². The lowest BCUT2D eigenvalue weighted by molar-refractivity contribution is -0.137. The summed E-state index contributed by atoms with van der Waals surface area (Å²) in [5.41, 5.74) is 4.18. The van der Waals surface area contributed by atoms with Crippen LogP contribution < -0.4 is 5.73 Å². The van der Waals surface area contributed by atoms with Crippen LogP contribution in [0, 0.1) is 11.3 Å². The first-order chi connectivity index (χ1) is 9.77. The predicted octanol–water partition coefficient (Wildman–Crippen LogP) is 4.66. The minimum absolute atomic E-state index is 0.246. The van der Waals surface area contributed by atoms with E-state index in [9.17, 15) is 13.2 Å². The van der Waals surface area contributed by atoms with Crippen LogP contribution >= 0.6 is 11.8 Å². The topological polar surface area (TPSA) is 49.9 Å². The van der Waals surface area contributed by atoms with Crippen molar-refractivity contribution < 1.29 is 13.2 Å². The van der Waals surface area contributed by atoms with Crippen molar-refractivity contribution in [1.82, 2.24) is 0 Å². The molecule has 21 heavy (non-hydrogen) atoms. The van der Waals surface area contributed by atoms with Crippen LogP contribution in [-0.4, -0.2) is 11.1 Å². The normalized spacial score (nSPS) is 23.0. The summed E-state index contributed by atoms with van der Waals surface area (Å²) in [6.45, 7) is 2.19. The highest BCUT2D eigenvalue weighted by Gasteiger charge is 2.34. The van der Waals surface area contributed by atoms with Crippen LogP contribution in [0.1, 0.15) is 43.7 Å². The lowest BCUT2D eigenvalue weighted by Gasteiger charge is -2.26. The van der Waals surface area contributed by atoms with Gasteiger partial charge < -0.3 is 5.73 Å². The Morgan fingerprint density at radius 2 is 2.05 bits per heavy atom. The van der Waals surface area contributed by atoms with Crippen LogP contribution in [0.2, 0.25) is 0 Å². The van der Waals surface area contributed by atoms with E-state index in [0.717, 1.165) is 25.3 Å². The molecule has 0 amide bonds. The van der Waals surface area contributed by atoms with Gasteiger partial charge in [-0.1, -0.05) is 19.8 Å². The number of amidine groups is 1. The Balaban J connectivity index is 2.23. The van der Waals surface area contributed by atoms with Crippen LogP contribution in [0.15, 0.2) is 23.1 Å². The molecule has 0 bridgehead atoms. The van der Waals surface area contributed by atoms with Crippen molar-refractivity contribution in [3.05, 3.63) is 29.3 Å². The molecule has 2 nitrogen and oxygen atoms in total. The van der Waals surface area contributed by atoms with Crippen molar-refractivity contribution >= 4 is 17.6 Å². The second-order valence-corrected chi connectivity index (χ2v) is 7.00. The van der Waals surface area contributed by atoms with Gasteiger partial charge in [0.1, 0.15) is 5.84 Å². The Bertz CT molecular complexity index is 528. The summed E-state index contributed by atoms with van der Waals surface area (Å²) in [6.07, 6.45) is -0.0622. The molecule has 0 radical (unpaired) electrons. The molecule has 6 heteroatoms. The Labute approximate surface area is 126 Å². The first-order valence-electron chi connectivity index (χ1n) is 6.99. The highest BCUT2D eigenvalue weighted by molar-refractivity contribution is 8.00. The Morgan fingerprint density at radius 3 is 2.62 bits per heavy atom. The number of alkyl halides is 3. The molecule has 1 aromatic rings. The predicted molar refractivity (Wildman–Crippen MR) is 79.7 cm³/mol. The van der Waals surface area contributed by atoms with Gasteiger partial charge in [0, 0.05) is 15.7 Å². The van der Waals surface area contributed by atoms with Gasteiger partial charge in [-0.3, -0.25) is 5.41 Å². The standard InChI is InChI=1S/C15H19F3N2S/c1-9-3-2-4-10(7-9)21-11-5-6-12(14(19)20)13(8-11)15(16,17)18/h5-6,8-10H,2-4,7H2,1H3,(H3,19,20). The maximum atomic E-state index is 13.1. The van der Waals surface area contributed by atoms with Crippen LogP contribution in [0.4, 0.5) is 13.2 Å². The van der Waals surface area contributed by atoms with Gasteiger partial charge in [0.25, 0.3) is 0 Å². The molecule has 1 saturated carbocycles. The van der Waals surface area contributed by atoms with E-state index in [2.05, 4.69) is 6.92 Å². The zero-order valence-electron chi connectivity index (χ0n) is 11.8. The summed E-state index contributed by atoms with van der Waals surface area (Å²) in [6, 6.07) is 4.07. The third kappa shape index (κ3) is 4.15. The zero-order chi connectivity index (χ0) is 15.6. The number of nitrogens with one attached hydrogen (secondary N) is 1. The number of halogens is 3. The van der Waals surface area contributed by atoms with E-state index in [0.29, 0.717) is 16.1 Å². The van der Waals surface area contributed by atoms with E-state index in [1.54, 1.807) is 6.07 Å². The fourth-order valence-corrected chi connectivity index (χ4v) is 4.17. The van der Waals surface area contributed by atoms with E-state index in [-0.39, 0.29) is 5.56 Å². The van der Waals surface area contributed by atoms with Crippen LogP contribution in [0.5, 0.6) is 0 Å².